The van der Waals surface area contributed by atoms with Gasteiger partial charge in [0.25, 0.3) is 5.91 Å². The number of hydrogen-bond donors (Lipinski definition) is 3. The van der Waals surface area contributed by atoms with Crippen LogP contribution in [0, 0.1) is 0 Å². The van der Waals surface area contributed by atoms with Crippen LogP contribution in [0.4, 0.5) is 0 Å². The fourth-order valence-corrected chi connectivity index (χ4v) is 9.26. The van der Waals surface area contributed by atoms with Crippen molar-refractivity contribution < 1.29 is 36.0 Å². The lowest BCUT2D eigenvalue weighted by Gasteiger charge is -2.14. The van der Waals surface area contributed by atoms with E-state index < -0.39 is 26.0 Å². The topological polar surface area (TPSA) is 202 Å². The third kappa shape index (κ3) is 15.1. The summed E-state index contributed by atoms with van der Waals surface area (Å²) in [6.07, 6.45) is 8.47. The van der Waals surface area contributed by atoms with Crippen molar-refractivity contribution in [1.29, 1.82) is 0 Å². The Hall–Kier alpha value is -4.86. The van der Waals surface area contributed by atoms with Crippen molar-refractivity contribution in [3.63, 3.8) is 0 Å². The average molecular weight is 1120 g/mol. The number of carbonyl (C=O) groups excluding carboxylic acids is 2. The molecule has 20 heteroatoms. The van der Waals surface area contributed by atoms with Gasteiger partial charge < -0.3 is 18.9 Å². The quantitative estimate of drug-likeness (QED) is 0.108. The van der Waals surface area contributed by atoms with Gasteiger partial charge in [-0.15, -0.1) is 0 Å². The van der Waals surface area contributed by atoms with Crippen LogP contribution in [0.5, 0.6) is 0 Å². The van der Waals surface area contributed by atoms with Crippen molar-refractivity contribution in [2.75, 3.05) is 27.4 Å². The van der Waals surface area contributed by atoms with Crippen molar-refractivity contribution in [3.05, 3.63) is 163 Å². The first kappa shape index (κ1) is 54.7. The zero-order chi connectivity index (χ0) is 48.3. The van der Waals surface area contributed by atoms with Crippen LogP contribution in [0.3, 0.4) is 0 Å². The lowest BCUT2D eigenvalue weighted by molar-refractivity contribution is -0.0757. The van der Waals surface area contributed by atoms with Gasteiger partial charge in [-0.3, -0.25) is 14.4 Å². The van der Waals surface area contributed by atoms with Crippen LogP contribution in [0.1, 0.15) is 46.5 Å². The van der Waals surface area contributed by atoms with Gasteiger partial charge in [0.2, 0.25) is 20.0 Å². The molecule has 9 rings (SSSR count). The van der Waals surface area contributed by atoms with Gasteiger partial charge >= 0.3 is 0 Å². The van der Waals surface area contributed by atoms with Gasteiger partial charge in [0, 0.05) is 111 Å². The van der Waals surface area contributed by atoms with Crippen LogP contribution < -0.4 is 10.3 Å². The number of aromatic nitrogens is 3. The minimum Gasteiger partial charge on any atom is -0.381 e. The number of halogens is 4. The highest BCUT2D eigenvalue weighted by molar-refractivity contribution is 9.10. The van der Waals surface area contributed by atoms with Gasteiger partial charge in [-0.1, -0.05) is 62.5 Å². The molecule has 0 atom stereocenters. The summed E-state index contributed by atoms with van der Waals surface area (Å²) in [5.74, 6) is -0.800. The predicted molar refractivity (Wildman–Crippen MR) is 275 cm³/mol. The van der Waals surface area contributed by atoms with Crippen LogP contribution in [0.15, 0.2) is 147 Å². The summed E-state index contributed by atoms with van der Waals surface area (Å²) in [5, 5.41) is 14.4. The van der Waals surface area contributed by atoms with E-state index in [4.69, 9.17) is 43.1 Å². The molecule has 0 spiro atoms. The fourth-order valence-electron chi connectivity index (χ4n) is 6.36. The fraction of sp³-hybridized carbons (Fsp3) is 0.191. The highest BCUT2D eigenvalue weighted by Gasteiger charge is 2.19. The normalized spacial score (nSPS) is 12.0. The number of hydroxylamine groups is 2. The molecule has 3 aromatic heterocycles. The number of nitrogens with zero attached hydrogens (tertiary/aromatic N) is 3. The minimum atomic E-state index is -3.99. The van der Waals surface area contributed by atoms with Crippen molar-refractivity contribution in [1.82, 2.24) is 19.2 Å². The molecule has 1 amide bonds. The first-order chi connectivity index (χ1) is 31.2. The molecule has 356 valence electrons. The van der Waals surface area contributed by atoms with Gasteiger partial charge in [0.15, 0.2) is 5.78 Å². The third-order valence-electron chi connectivity index (χ3n) is 9.88. The first-order valence-corrected chi connectivity index (χ1v) is 25.2. The zero-order valence-electron chi connectivity index (χ0n) is 36.0. The maximum Gasteiger partial charge on any atom is 0.277 e. The van der Waals surface area contributed by atoms with Gasteiger partial charge in [-0.05, 0) is 122 Å². The number of rotatable bonds is 6. The number of benzene rings is 5. The van der Waals surface area contributed by atoms with Crippen LogP contribution in [0.2, 0.25) is 10.0 Å². The highest BCUT2D eigenvalue weighted by Crippen LogP contribution is 2.26. The molecule has 1 fully saturated rings. The Balaban J connectivity index is 0.000000195. The molecule has 5 N–H and O–H groups in total. The molecule has 14 nitrogen and oxygen atoms in total. The predicted octanol–water partition coefficient (Wildman–Crippen LogP) is 10.6. The second kappa shape index (κ2) is 24.4. The number of sulfonamides is 2. The zero-order valence-corrected chi connectivity index (χ0v) is 42.4. The summed E-state index contributed by atoms with van der Waals surface area (Å²) in [7, 11) is -1.28. The van der Waals surface area contributed by atoms with Crippen LogP contribution in [-0.2, 0) is 43.7 Å². The lowest BCUT2D eigenvalue weighted by Crippen LogP contribution is -2.25. The number of H-pyrrole nitrogens is 1. The maximum absolute atomic E-state index is 12.6. The molecule has 8 aromatic rings. The molecule has 0 radical (unpaired) electrons. The minimum absolute atomic E-state index is 0. The summed E-state index contributed by atoms with van der Waals surface area (Å²) in [6.45, 7) is 2.00. The summed E-state index contributed by atoms with van der Waals surface area (Å²) in [4.78, 5) is 31.6. The molecule has 4 heterocycles. The van der Waals surface area contributed by atoms with E-state index in [9.17, 15) is 26.4 Å². The standard InChI is InChI=1S/C16H13ClN2O3S.C9H8BrN.C9H11ClN2O4S.C8H6BrN.C4H8O.CH4/c1-19-7-6-10-8-11(3-5-14(10)19)16(20)12-2-4-13(17)15(9-12)23(18,21)22;1-11-5-4-7-6-8(10)2-3-9(7)11;1-12(16-2)9(13)6-3-4-7(10)8(5-6)17(11,14)15;9-7-1-2-8-6(5-7)3-4-10-8;1-2-4-5-3-1;/h2-9H,1H3,(H2,18,21,22);2-6H,1H3;3-5H,1-2H3,(H2,11,14,15);1-5,10H;1-4H2;1H4. The van der Waals surface area contributed by atoms with E-state index in [2.05, 4.69) is 97.1 Å². The third-order valence-corrected chi connectivity index (χ3v) is 13.7. The molecule has 1 aliphatic rings. The number of ketones is 1. The average Bonchev–Trinajstić information content (AvgIpc) is 4.13. The Morgan fingerprint density at radius 1 is 0.672 bits per heavy atom. The van der Waals surface area contributed by atoms with Crippen molar-refractivity contribution in [3.8, 4) is 0 Å². The highest BCUT2D eigenvalue weighted by atomic mass is 79.9. The number of nitrogens with two attached hydrogens (primary N) is 2. The Labute approximate surface area is 417 Å². The van der Waals surface area contributed by atoms with Crippen LogP contribution in [0.25, 0.3) is 32.7 Å². The second-order valence-electron chi connectivity index (χ2n) is 14.6. The SMILES string of the molecule is Brc1ccc2[nH]ccc2c1.C.C1CCOC1.CON(C)C(=O)c1ccc(Cl)c(S(N)(=O)=O)c1.Cn1ccc2cc(Br)ccc21.Cn1ccc2cc(C(=O)c3ccc(Cl)c(S(N)(=O)=O)c3)ccc21. The van der Waals surface area contributed by atoms with E-state index >= 15 is 0 Å². The molecule has 1 aliphatic heterocycles. The molecule has 67 heavy (non-hydrogen) atoms. The summed E-state index contributed by atoms with van der Waals surface area (Å²) >= 11 is 18.4. The molecule has 1 saturated heterocycles. The summed E-state index contributed by atoms with van der Waals surface area (Å²) in [5.41, 5.74) is 4.25. The monoisotopic (exact) mass is 1120 g/mol. The van der Waals surface area contributed by atoms with Gasteiger partial charge in [0.1, 0.15) is 9.79 Å². The van der Waals surface area contributed by atoms with Crippen molar-refractivity contribution >= 4 is 120 Å². The lowest BCUT2D eigenvalue weighted by atomic mass is 10.0. The van der Waals surface area contributed by atoms with Gasteiger partial charge in [-0.25, -0.2) is 32.2 Å². The first-order valence-electron chi connectivity index (χ1n) is 19.8. The van der Waals surface area contributed by atoms with Crippen molar-refractivity contribution in [2.45, 2.75) is 30.1 Å². The van der Waals surface area contributed by atoms with Crippen molar-refractivity contribution in [2.24, 2.45) is 24.4 Å². The molecular weight excluding hydrogens is 1070 g/mol. The van der Waals surface area contributed by atoms with E-state index in [1.54, 1.807) is 12.1 Å². The van der Waals surface area contributed by atoms with E-state index in [-0.39, 0.29) is 44.2 Å². The number of amides is 1. The number of aryl methyl sites for hydroxylation is 2. The van der Waals surface area contributed by atoms with Crippen LogP contribution in [-0.4, -0.2) is 75.1 Å². The van der Waals surface area contributed by atoms with E-state index in [1.165, 1.54) is 79.1 Å². The largest absolute Gasteiger partial charge is 0.381 e. The van der Waals surface area contributed by atoms with Gasteiger partial charge in [0.05, 0.1) is 17.2 Å². The smallest absolute Gasteiger partial charge is 0.277 e. The van der Waals surface area contributed by atoms with E-state index in [0.717, 1.165) is 44.2 Å². The Bertz CT molecular complexity index is 3220. The summed E-state index contributed by atoms with van der Waals surface area (Å²) in [6, 6.07) is 31.7. The molecular formula is C47H50Br2Cl2N6O8S2. The van der Waals surface area contributed by atoms with Gasteiger partial charge in [-0.2, -0.15) is 0 Å². The molecule has 0 unspecified atom stereocenters. The molecule has 5 aromatic carbocycles. The Morgan fingerprint density at radius 2 is 1.13 bits per heavy atom. The summed E-state index contributed by atoms with van der Waals surface area (Å²) < 4.78 is 56.7. The number of primary sulfonamides is 2. The maximum atomic E-state index is 12.6. The van der Waals surface area contributed by atoms with E-state index in [1.807, 2.05) is 42.2 Å². The Morgan fingerprint density at radius 3 is 1.66 bits per heavy atom. The number of nitrogens with one attached hydrogen (secondary N) is 1. The van der Waals surface area contributed by atoms with Crippen LogP contribution >= 0.6 is 55.1 Å². The number of aromatic amines is 1. The molecule has 0 aliphatic carbocycles. The number of hydrogen-bond acceptors (Lipinski definition) is 8. The Kier molecular flexibility index (Phi) is 20.0. The molecule has 0 bridgehead atoms. The molecule has 0 saturated carbocycles. The number of fused-ring (bicyclic) bond motifs is 3. The van der Waals surface area contributed by atoms with E-state index in [0.29, 0.717) is 5.56 Å². The second-order valence-corrected chi connectivity index (χ2v) is 20.3. The number of carbonyl (C=O) groups is 2. The number of ether oxygens (including phenoxy) is 1.